The van der Waals surface area contributed by atoms with Crippen LogP contribution >= 0.6 is 34.7 Å². The molecule has 8 heteroatoms. The molecule has 4 rings (SSSR count). The van der Waals surface area contributed by atoms with E-state index in [2.05, 4.69) is 9.97 Å². The third-order valence-corrected chi connectivity index (χ3v) is 6.95. The number of aromatic nitrogens is 2. The van der Waals surface area contributed by atoms with Crippen molar-refractivity contribution in [1.29, 1.82) is 0 Å². The maximum Gasteiger partial charge on any atom is 0.229 e. The van der Waals surface area contributed by atoms with Gasteiger partial charge in [0.05, 0.1) is 16.9 Å². The van der Waals surface area contributed by atoms with E-state index >= 15 is 0 Å². The van der Waals surface area contributed by atoms with E-state index in [0.29, 0.717) is 39.8 Å². The maximum absolute atomic E-state index is 14.1. The lowest BCUT2D eigenvalue weighted by atomic mass is 10.2. The summed E-state index contributed by atoms with van der Waals surface area (Å²) in [7, 11) is 0. The first kappa shape index (κ1) is 21.7. The summed E-state index contributed by atoms with van der Waals surface area (Å²) < 4.78 is 14.9. The highest BCUT2D eigenvalue weighted by atomic mass is 35.5. The van der Waals surface area contributed by atoms with Crippen LogP contribution in [0.5, 0.6) is 0 Å². The van der Waals surface area contributed by atoms with Gasteiger partial charge in [0.25, 0.3) is 0 Å². The van der Waals surface area contributed by atoms with Gasteiger partial charge in [-0.15, -0.1) is 11.8 Å². The van der Waals surface area contributed by atoms with E-state index in [-0.39, 0.29) is 11.7 Å². The van der Waals surface area contributed by atoms with Crippen molar-refractivity contribution in [1.82, 2.24) is 9.97 Å². The fraction of sp³-hybridized carbons (Fsp3) is 0.174. The van der Waals surface area contributed by atoms with E-state index in [4.69, 9.17) is 11.6 Å². The van der Waals surface area contributed by atoms with Crippen molar-refractivity contribution in [3.05, 3.63) is 83.4 Å². The number of thioether (sulfide) groups is 1. The Hall–Kier alpha value is -2.48. The number of pyridine rings is 1. The molecule has 2 aromatic heterocycles. The molecule has 1 amide bonds. The average Bonchev–Trinajstić information content (AvgIpc) is 3.22. The Morgan fingerprint density at radius 3 is 2.68 bits per heavy atom. The van der Waals surface area contributed by atoms with Crippen LogP contribution in [0, 0.1) is 5.82 Å². The second-order valence-corrected chi connectivity index (χ2v) is 9.40. The number of benzene rings is 2. The zero-order valence-electron chi connectivity index (χ0n) is 16.5. The van der Waals surface area contributed by atoms with E-state index in [1.54, 1.807) is 28.9 Å². The summed E-state index contributed by atoms with van der Waals surface area (Å²) in [4.78, 5) is 24.6. The number of hydrogen-bond acceptors (Lipinski definition) is 5. The zero-order chi connectivity index (χ0) is 21.6. The fourth-order valence-corrected chi connectivity index (χ4v) is 4.99. The number of anilines is 1. The Labute approximate surface area is 193 Å². The van der Waals surface area contributed by atoms with E-state index < -0.39 is 0 Å². The minimum absolute atomic E-state index is 0.0539. The highest BCUT2D eigenvalue weighted by Crippen LogP contribution is 2.31. The Morgan fingerprint density at radius 1 is 1.10 bits per heavy atom. The molecule has 158 valence electrons. The predicted molar refractivity (Wildman–Crippen MR) is 126 cm³/mol. The monoisotopic (exact) mass is 471 g/mol. The Morgan fingerprint density at radius 2 is 1.94 bits per heavy atom. The quantitative estimate of drug-likeness (QED) is 0.215. The van der Waals surface area contributed by atoms with E-state index in [1.165, 1.54) is 17.4 Å². The average molecular weight is 472 g/mol. The highest BCUT2D eigenvalue weighted by molar-refractivity contribution is 7.99. The number of halogens is 2. The molecule has 0 saturated carbocycles. The van der Waals surface area contributed by atoms with Crippen LogP contribution < -0.4 is 4.90 Å². The van der Waals surface area contributed by atoms with Gasteiger partial charge in [-0.1, -0.05) is 35.1 Å². The van der Waals surface area contributed by atoms with Gasteiger partial charge < -0.3 is 0 Å². The van der Waals surface area contributed by atoms with Crippen LogP contribution in [-0.4, -0.2) is 21.6 Å². The normalized spacial score (nSPS) is 11.0. The van der Waals surface area contributed by atoms with Crippen LogP contribution in [-0.2, 0) is 11.3 Å². The molecule has 2 aromatic carbocycles. The molecule has 0 aliphatic carbocycles. The molecule has 2 heterocycles. The largest absolute Gasteiger partial charge is 0.282 e. The summed E-state index contributed by atoms with van der Waals surface area (Å²) in [6.07, 6.45) is 2.77. The van der Waals surface area contributed by atoms with E-state index in [9.17, 15) is 9.18 Å². The highest BCUT2D eigenvalue weighted by Gasteiger charge is 2.21. The second-order valence-electron chi connectivity index (χ2n) is 6.79. The Bertz CT molecular complexity index is 1170. The molecular weight excluding hydrogens is 453 g/mol. The molecule has 0 bridgehead atoms. The smallest absolute Gasteiger partial charge is 0.229 e. The van der Waals surface area contributed by atoms with Crippen LogP contribution in [0.3, 0.4) is 0 Å². The molecule has 4 aromatic rings. The Balaban J connectivity index is 1.47. The zero-order valence-corrected chi connectivity index (χ0v) is 18.9. The molecule has 0 unspecified atom stereocenters. The van der Waals surface area contributed by atoms with Crippen molar-refractivity contribution in [2.75, 3.05) is 10.7 Å². The molecule has 0 N–H and O–H groups in total. The third-order valence-electron chi connectivity index (χ3n) is 4.55. The maximum atomic E-state index is 14.1. The lowest BCUT2D eigenvalue weighted by Crippen LogP contribution is -2.30. The number of nitrogens with zero attached hydrogens (tertiary/aromatic N) is 3. The summed E-state index contributed by atoms with van der Waals surface area (Å²) in [5.74, 6) is 0.366. The third kappa shape index (κ3) is 5.61. The summed E-state index contributed by atoms with van der Waals surface area (Å²) in [6.45, 7) is 0.297. The number of thiazole rings is 1. The number of carbonyl (C=O) groups excluding carboxylic acids is 1. The van der Waals surface area contributed by atoms with Crippen molar-refractivity contribution in [2.45, 2.75) is 24.3 Å². The van der Waals surface area contributed by atoms with E-state index in [0.717, 1.165) is 16.3 Å². The van der Waals surface area contributed by atoms with Gasteiger partial charge >= 0.3 is 0 Å². The molecule has 0 aliphatic heterocycles. The molecule has 0 saturated heterocycles. The molecule has 0 spiro atoms. The van der Waals surface area contributed by atoms with Crippen LogP contribution in [0.25, 0.3) is 10.2 Å². The molecule has 0 aliphatic rings. The van der Waals surface area contributed by atoms with E-state index in [1.807, 2.05) is 48.5 Å². The summed E-state index contributed by atoms with van der Waals surface area (Å²) in [5.41, 5.74) is 1.05. The van der Waals surface area contributed by atoms with Gasteiger partial charge in [-0.05, 0) is 60.7 Å². The van der Waals surface area contributed by atoms with Crippen molar-refractivity contribution in [3.8, 4) is 0 Å². The fourth-order valence-electron chi connectivity index (χ4n) is 3.01. The molecule has 4 nitrogen and oxygen atoms in total. The van der Waals surface area contributed by atoms with Crippen molar-refractivity contribution < 1.29 is 9.18 Å². The first-order chi connectivity index (χ1) is 15.1. The number of amides is 1. The molecular formula is C23H19ClFN3OS2. The topological polar surface area (TPSA) is 46.1 Å². The van der Waals surface area contributed by atoms with Crippen LogP contribution in [0.4, 0.5) is 9.52 Å². The number of carbonyl (C=O) groups is 1. The van der Waals surface area contributed by atoms with Gasteiger partial charge in [-0.2, -0.15) is 0 Å². The summed E-state index contributed by atoms with van der Waals surface area (Å²) >= 11 is 8.92. The summed E-state index contributed by atoms with van der Waals surface area (Å²) in [6, 6.07) is 18.1. The van der Waals surface area contributed by atoms with Crippen LogP contribution in [0.2, 0.25) is 5.02 Å². The lowest BCUT2D eigenvalue weighted by Gasteiger charge is -2.19. The molecule has 0 fully saturated rings. The SMILES string of the molecule is O=C(CCCSc1ccc(Cl)cc1)N(Cc1ccccn1)c1nc2c(F)cccc2s1. The minimum atomic E-state index is -0.385. The molecule has 0 radical (unpaired) electrons. The number of para-hydroxylation sites is 1. The Kier molecular flexibility index (Phi) is 7.17. The van der Waals surface area contributed by atoms with Crippen molar-refractivity contribution in [2.24, 2.45) is 0 Å². The second kappa shape index (κ2) is 10.2. The molecule has 31 heavy (non-hydrogen) atoms. The van der Waals surface area contributed by atoms with Gasteiger partial charge in [0.1, 0.15) is 11.3 Å². The summed E-state index contributed by atoms with van der Waals surface area (Å²) in [5, 5.41) is 1.19. The van der Waals surface area contributed by atoms with Gasteiger partial charge in [-0.3, -0.25) is 14.7 Å². The van der Waals surface area contributed by atoms with Crippen molar-refractivity contribution >= 4 is 56.0 Å². The lowest BCUT2D eigenvalue weighted by molar-refractivity contribution is -0.118. The minimum Gasteiger partial charge on any atom is -0.282 e. The molecule has 0 atom stereocenters. The standard InChI is InChI=1S/C23H19ClFN3OS2/c24-16-9-11-18(12-10-16)30-14-4-8-21(29)28(15-17-5-1-2-13-26-17)23-27-22-19(25)6-3-7-20(22)31-23/h1-3,5-7,9-13H,4,8,14-15H2. The van der Waals surface area contributed by atoms with Gasteiger partial charge in [-0.25, -0.2) is 9.37 Å². The number of fused-ring (bicyclic) bond motifs is 1. The van der Waals surface area contributed by atoms with Crippen molar-refractivity contribution in [3.63, 3.8) is 0 Å². The van der Waals surface area contributed by atoms with Gasteiger partial charge in [0, 0.05) is 22.5 Å². The predicted octanol–water partition coefficient (Wildman–Crippen LogP) is 6.59. The number of hydrogen-bond donors (Lipinski definition) is 0. The van der Waals surface area contributed by atoms with Gasteiger partial charge in [0.2, 0.25) is 5.91 Å². The van der Waals surface area contributed by atoms with Crippen LogP contribution in [0.1, 0.15) is 18.5 Å². The van der Waals surface area contributed by atoms with Crippen LogP contribution in [0.15, 0.2) is 71.8 Å². The first-order valence-corrected chi connectivity index (χ1v) is 11.9. The first-order valence-electron chi connectivity index (χ1n) is 9.74. The number of rotatable bonds is 8. The van der Waals surface area contributed by atoms with Gasteiger partial charge in [0.15, 0.2) is 5.13 Å².